The normalized spacial score (nSPS) is 16.6. The smallest absolute Gasteiger partial charge is 0.153 e. The maximum atomic E-state index is 14.1. The summed E-state index contributed by atoms with van der Waals surface area (Å²) >= 11 is 0. The summed E-state index contributed by atoms with van der Waals surface area (Å²) in [7, 11) is 0. The van der Waals surface area contributed by atoms with Crippen LogP contribution in [-0.2, 0) is 30.8 Å². The molecule has 6 rings (SSSR count). The predicted molar refractivity (Wildman–Crippen MR) is 137 cm³/mol. The molecule has 0 amide bonds. The molecule has 2 aliphatic rings. The van der Waals surface area contributed by atoms with Gasteiger partial charge in [-0.25, -0.2) is 9.37 Å². The van der Waals surface area contributed by atoms with Gasteiger partial charge in [-0.3, -0.25) is 4.90 Å². The molecule has 35 heavy (non-hydrogen) atoms. The topological polar surface area (TPSA) is 33.5 Å². The molecule has 180 valence electrons. The summed E-state index contributed by atoms with van der Waals surface area (Å²) in [6, 6.07) is 17.8. The first-order valence-electron chi connectivity index (χ1n) is 12.5. The number of hydrogen-bond acceptors (Lipinski definition) is 4. The van der Waals surface area contributed by atoms with Crippen LogP contribution in [0.15, 0.2) is 60.8 Å². The van der Waals surface area contributed by atoms with Crippen molar-refractivity contribution in [2.75, 3.05) is 37.7 Å². The van der Waals surface area contributed by atoms with Gasteiger partial charge in [-0.15, -0.1) is 0 Å². The van der Waals surface area contributed by atoms with Crippen molar-refractivity contribution in [3.05, 3.63) is 94.6 Å². The molecule has 2 aliphatic heterocycles. The Bertz CT molecular complexity index is 1360. The Morgan fingerprint density at radius 3 is 2.60 bits per heavy atom. The number of morpholine rings is 1. The van der Waals surface area contributed by atoms with Crippen LogP contribution in [0.1, 0.15) is 27.9 Å². The molecule has 5 nitrogen and oxygen atoms in total. The monoisotopic (exact) mass is 470 g/mol. The van der Waals surface area contributed by atoms with Crippen LogP contribution >= 0.6 is 0 Å². The van der Waals surface area contributed by atoms with Crippen LogP contribution in [0.5, 0.6) is 0 Å². The van der Waals surface area contributed by atoms with E-state index in [0.717, 1.165) is 69.3 Å². The van der Waals surface area contributed by atoms with E-state index in [9.17, 15) is 4.39 Å². The van der Waals surface area contributed by atoms with Crippen molar-refractivity contribution in [1.82, 2.24) is 14.5 Å². The second kappa shape index (κ2) is 9.44. The number of rotatable bonds is 5. The van der Waals surface area contributed by atoms with Gasteiger partial charge in [0.2, 0.25) is 0 Å². The van der Waals surface area contributed by atoms with Gasteiger partial charge in [-0.05, 0) is 53.8 Å². The molecular formula is C29H31FN4O. The number of fused-ring (bicyclic) bond motifs is 2. The largest absolute Gasteiger partial charge is 0.379 e. The number of hydrogen-bond donors (Lipinski definition) is 0. The lowest BCUT2D eigenvalue weighted by atomic mass is 10.00. The molecule has 1 saturated heterocycles. The third-order valence-electron chi connectivity index (χ3n) is 7.49. The van der Waals surface area contributed by atoms with Crippen LogP contribution < -0.4 is 4.90 Å². The first-order chi connectivity index (χ1) is 17.2. The van der Waals surface area contributed by atoms with Crippen molar-refractivity contribution < 1.29 is 9.13 Å². The molecule has 2 aromatic carbocycles. The first kappa shape index (κ1) is 22.3. The van der Waals surface area contributed by atoms with Crippen LogP contribution in [0, 0.1) is 12.7 Å². The Hall–Kier alpha value is -3.22. The van der Waals surface area contributed by atoms with Gasteiger partial charge < -0.3 is 14.2 Å². The molecule has 0 N–H and O–H groups in total. The average Bonchev–Trinajstić information content (AvgIpc) is 3.15. The fourth-order valence-corrected chi connectivity index (χ4v) is 5.58. The zero-order chi connectivity index (χ0) is 23.8. The number of aromatic nitrogens is 2. The fraction of sp³-hybridized carbons (Fsp3) is 0.345. The van der Waals surface area contributed by atoms with Gasteiger partial charge in [-0.2, -0.15) is 0 Å². The van der Waals surface area contributed by atoms with Gasteiger partial charge in [0, 0.05) is 56.5 Å². The molecule has 4 heterocycles. The van der Waals surface area contributed by atoms with Gasteiger partial charge >= 0.3 is 0 Å². The summed E-state index contributed by atoms with van der Waals surface area (Å²) in [4.78, 5) is 9.80. The Kier molecular flexibility index (Phi) is 6.00. The molecule has 0 aliphatic carbocycles. The highest BCUT2D eigenvalue weighted by Crippen LogP contribution is 2.35. The SMILES string of the molecule is Cc1c(CN2CCOCC2)c2ccnc(N3CCc4ccccc4C3)c2n1Cc1cccc(F)c1. The third kappa shape index (κ3) is 4.32. The number of anilines is 1. The zero-order valence-corrected chi connectivity index (χ0v) is 20.2. The number of ether oxygens (including phenoxy) is 1. The molecule has 0 spiro atoms. The standard InChI is InChI=1S/C29H31FN4O/c1-21-27(20-32-13-15-35-16-14-32)26-9-11-31-29(33-12-10-23-6-2-3-7-24(23)19-33)28(26)34(21)18-22-5-4-8-25(30)17-22/h2-9,11,17H,10,12-16,18-20H2,1H3. The number of halogens is 1. The molecular weight excluding hydrogens is 439 g/mol. The molecule has 1 fully saturated rings. The summed E-state index contributed by atoms with van der Waals surface area (Å²) in [5.74, 6) is 0.820. The Morgan fingerprint density at radius 2 is 1.77 bits per heavy atom. The van der Waals surface area contributed by atoms with E-state index in [1.54, 1.807) is 12.1 Å². The van der Waals surface area contributed by atoms with Crippen LogP contribution in [-0.4, -0.2) is 47.3 Å². The third-order valence-corrected chi connectivity index (χ3v) is 7.49. The lowest BCUT2D eigenvalue weighted by Crippen LogP contribution is -2.35. The molecule has 4 aromatic rings. The lowest BCUT2D eigenvalue weighted by Gasteiger charge is -2.30. The minimum Gasteiger partial charge on any atom is -0.379 e. The summed E-state index contributed by atoms with van der Waals surface area (Å²) in [6.07, 6.45) is 2.96. The number of pyridine rings is 1. The maximum Gasteiger partial charge on any atom is 0.153 e. The zero-order valence-electron chi connectivity index (χ0n) is 20.2. The molecule has 0 radical (unpaired) electrons. The van der Waals surface area contributed by atoms with Crippen molar-refractivity contribution in [3.63, 3.8) is 0 Å². The van der Waals surface area contributed by atoms with E-state index in [2.05, 4.69) is 51.6 Å². The second-order valence-electron chi connectivity index (χ2n) is 9.64. The fourth-order valence-electron chi connectivity index (χ4n) is 5.58. The maximum absolute atomic E-state index is 14.1. The second-order valence-corrected chi connectivity index (χ2v) is 9.64. The van der Waals surface area contributed by atoms with Gasteiger partial charge in [0.05, 0.1) is 18.7 Å². The Balaban J connectivity index is 1.46. The lowest BCUT2D eigenvalue weighted by molar-refractivity contribution is 0.0342. The predicted octanol–water partition coefficient (Wildman–Crippen LogP) is 4.93. The van der Waals surface area contributed by atoms with E-state index in [1.165, 1.54) is 33.8 Å². The van der Waals surface area contributed by atoms with Crippen molar-refractivity contribution in [2.24, 2.45) is 0 Å². The van der Waals surface area contributed by atoms with E-state index in [-0.39, 0.29) is 5.82 Å². The minimum atomic E-state index is -0.198. The Labute approximate surface area is 205 Å². The number of nitrogens with zero attached hydrogens (tertiary/aromatic N) is 4. The van der Waals surface area contributed by atoms with Gasteiger partial charge in [0.1, 0.15) is 5.82 Å². The number of benzene rings is 2. The van der Waals surface area contributed by atoms with Gasteiger partial charge in [-0.1, -0.05) is 36.4 Å². The van der Waals surface area contributed by atoms with Gasteiger partial charge in [0.15, 0.2) is 5.82 Å². The molecule has 2 aromatic heterocycles. The van der Waals surface area contributed by atoms with Gasteiger partial charge in [0.25, 0.3) is 0 Å². The van der Waals surface area contributed by atoms with Crippen LogP contribution in [0.3, 0.4) is 0 Å². The van der Waals surface area contributed by atoms with E-state index in [4.69, 9.17) is 9.72 Å². The van der Waals surface area contributed by atoms with E-state index in [1.807, 2.05) is 12.3 Å². The minimum absolute atomic E-state index is 0.198. The summed E-state index contributed by atoms with van der Waals surface area (Å²) < 4.78 is 22.0. The van der Waals surface area contributed by atoms with Crippen molar-refractivity contribution in [3.8, 4) is 0 Å². The van der Waals surface area contributed by atoms with Crippen molar-refractivity contribution in [1.29, 1.82) is 0 Å². The molecule has 0 unspecified atom stereocenters. The highest BCUT2D eigenvalue weighted by atomic mass is 19.1. The van der Waals surface area contributed by atoms with Crippen molar-refractivity contribution >= 4 is 16.7 Å². The van der Waals surface area contributed by atoms with E-state index < -0.39 is 0 Å². The highest BCUT2D eigenvalue weighted by molar-refractivity contribution is 5.94. The van der Waals surface area contributed by atoms with Crippen LogP contribution in [0.25, 0.3) is 10.9 Å². The van der Waals surface area contributed by atoms with Crippen LogP contribution in [0.2, 0.25) is 0 Å². The molecule has 0 bridgehead atoms. The molecule has 6 heteroatoms. The Morgan fingerprint density at radius 1 is 0.943 bits per heavy atom. The summed E-state index contributed by atoms with van der Waals surface area (Å²) in [6.45, 7) is 8.93. The summed E-state index contributed by atoms with van der Waals surface area (Å²) in [5, 5.41) is 1.24. The first-order valence-corrected chi connectivity index (χ1v) is 12.5. The molecule has 0 atom stereocenters. The van der Waals surface area contributed by atoms with Crippen LogP contribution in [0.4, 0.5) is 10.2 Å². The highest BCUT2D eigenvalue weighted by Gasteiger charge is 2.25. The van der Waals surface area contributed by atoms with E-state index in [0.29, 0.717) is 6.54 Å². The quantitative estimate of drug-likeness (QED) is 0.414. The van der Waals surface area contributed by atoms with E-state index >= 15 is 0 Å². The average molecular weight is 471 g/mol. The molecule has 0 saturated carbocycles. The summed E-state index contributed by atoms with van der Waals surface area (Å²) in [5.41, 5.74) is 7.46. The van der Waals surface area contributed by atoms with Crippen molar-refractivity contribution in [2.45, 2.75) is 33.0 Å².